The predicted octanol–water partition coefficient (Wildman–Crippen LogP) is 4.58. The fourth-order valence-corrected chi connectivity index (χ4v) is 2.26. The molecule has 0 unspecified atom stereocenters. The third-order valence-electron chi connectivity index (χ3n) is 3.39. The van der Waals surface area contributed by atoms with Crippen molar-refractivity contribution in [2.24, 2.45) is 0 Å². The SMILES string of the molecule is O=C(Nc1ccc(Cc2noc(C(F)(F)F)n2)cc1)c1ccc(Cl)cc1. The summed E-state index contributed by atoms with van der Waals surface area (Å²) in [4.78, 5) is 15.4. The van der Waals surface area contributed by atoms with E-state index in [0.29, 0.717) is 21.8 Å². The molecule has 0 saturated heterocycles. The van der Waals surface area contributed by atoms with Crippen LogP contribution in [-0.4, -0.2) is 16.0 Å². The van der Waals surface area contributed by atoms with E-state index < -0.39 is 12.1 Å². The van der Waals surface area contributed by atoms with Crippen LogP contribution in [0.15, 0.2) is 53.1 Å². The molecule has 1 N–H and O–H groups in total. The van der Waals surface area contributed by atoms with Crippen LogP contribution in [0.5, 0.6) is 0 Å². The van der Waals surface area contributed by atoms with Gasteiger partial charge in [-0.25, -0.2) is 0 Å². The number of anilines is 1. The van der Waals surface area contributed by atoms with Crippen LogP contribution in [0.3, 0.4) is 0 Å². The molecule has 1 aromatic heterocycles. The Hall–Kier alpha value is -2.87. The third-order valence-corrected chi connectivity index (χ3v) is 3.64. The number of carbonyl (C=O) groups excluding carboxylic acids is 1. The smallest absolute Gasteiger partial charge is 0.329 e. The van der Waals surface area contributed by atoms with Gasteiger partial charge >= 0.3 is 12.1 Å². The molecule has 0 saturated carbocycles. The number of aromatic nitrogens is 2. The average Bonchev–Trinajstić information content (AvgIpc) is 3.06. The Balaban J connectivity index is 1.64. The van der Waals surface area contributed by atoms with Crippen molar-refractivity contribution in [3.05, 3.63) is 76.4 Å². The van der Waals surface area contributed by atoms with Gasteiger partial charge in [-0.15, -0.1) is 0 Å². The summed E-state index contributed by atoms with van der Waals surface area (Å²) in [6.07, 6.45) is -4.59. The molecule has 0 radical (unpaired) electrons. The van der Waals surface area contributed by atoms with Crippen molar-refractivity contribution in [3.63, 3.8) is 0 Å². The predicted molar refractivity (Wildman–Crippen MR) is 88.0 cm³/mol. The van der Waals surface area contributed by atoms with E-state index in [2.05, 4.69) is 20.0 Å². The fraction of sp³-hybridized carbons (Fsp3) is 0.118. The van der Waals surface area contributed by atoms with Crippen LogP contribution in [0, 0.1) is 0 Å². The molecule has 26 heavy (non-hydrogen) atoms. The maximum Gasteiger partial charge on any atom is 0.471 e. The molecule has 0 bridgehead atoms. The third kappa shape index (κ3) is 4.40. The van der Waals surface area contributed by atoms with Crippen molar-refractivity contribution >= 4 is 23.2 Å². The highest BCUT2D eigenvalue weighted by molar-refractivity contribution is 6.30. The van der Waals surface area contributed by atoms with Gasteiger partial charge in [0, 0.05) is 22.7 Å². The molecule has 0 fully saturated rings. The first-order valence-electron chi connectivity index (χ1n) is 7.37. The van der Waals surface area contributed by atoms with Crippen LogP contribution in [-0.2, 0) is 12.6 Å². The maximum atomic E-state index is 12.4. The summed E-state index contributed by atoms with van der Waals surface area (Å²) < 4.78 is 41.5. The Kier molecular flexibility index (Phi) is 4.94. The van der Waals surface area contributed by atoms with E-state index in [0.717, 1.165) is 0 Å². The van der Waals surface area contributed by atoms with E-state index in [1.807, 2.05) is 0 Å². The molecule has 3 aromatic rings. The van der Waals surface area contributed by atoms with Crippen LogP contribution in [0.1, 0.15) is 27.6 Å². The van der Waals surface area contributed by atoms with Gasteiger partial charge in [0.2, 0.25) is 0 Å². The van der Waals surface area contributed by atoms with Gasteiger partial charge in [0.25, 0.3) is 5.91 Å². The summed E-state index contributed by atoms with van der Waals surface area (Å²) in [6, 6.07) is 13.0. The van der Waals surface area contributed by atoms with E-state index in [1.165, 1.54) is 0 Å². The van der Waals surface area contributed by atoms with Gasteiger partial charge in [0.05, 0.1) is 0 Å². The first kappa shape index (κ1) is 17.9. The summed E-state index contributed by atoms with van der Waals surface area (Å²) in [6.45, 7) is 0. The summed E-state index contributed by atoms with van der Waals surface area (Å²) >= 11 is 5.78. The number of amides is 1. The lowest BCUT2D eigenvalue weighted by Gasteiger charge is -2.06. The number of benzene rings is 2. The molecule has 1 heterocycles. The molecule has 3 rings (SSSR count). The Morgan fingerprint density at radius 1 is 1.08 bits per heavy atom. The monoisotopic (exact) mass is 381 g/mol. The number of nitrogens with one attached hydrogen (secondary N) is 1. The fourth-order valence-electron chi connectivity index (χ4n) is 2.13. The van der Waals surface area contributed by atoms with Crippen LogP contribution >= 0.6 is 11.6 Å². The quantitative estimate of drug-likeness (QED) is 0.718. The van der Waals surface area contributed by atoms with E-state index in [4.69, 9.17) is 11.6 Å². The van der Waals surface area contributed by atoms with Gasteiger partial charge in [-0.3, -0.25) is 4.79 Å². The standard InChI is InChI=1S/C17H11ClF3N3O2/c18-12-5-3-11(4-6-12)15(25)22-13-7-1-10(2-8-13)9-14-23-16(26-24-14)17(19,20)21/h1-8H,9H2,(H,22,25). The van der Waals surface area contributed by atoms with Crippen molar-refractivity contribution in [1.29, 1.82) is 0 Å². The van der Waals surface area contributed by atoms with Crippen LogP contribution < -0.4 is 5.32 Å². The van der Waals surface area contributed by atoms with E-state index in [9.17, 15) is 18.0 Å². The van der Waals surface area contributed by atoms with Crippen molar-refractivity contribution in [1.82, 2.24) is 10.1 Å². The number of alkyl halides is 3. The minimum atomic E-state index is -4.67. The highest BCUT2D eigenvalue weighted by Crippen LogP contribution is 2.27. The molecule has 0 aliphatic carbocycles. The van der Waals surface area contributed by atoms with Crippen molar-refractivity contribution in [2.45, 2.75) is 12.6 Å². The highest BCUT2D eigenvalue weighted by atomic mass is 35.5. The molecule has 0 atom stereocenters. The van der Waals surface area contributed by atoms with Crippen LogP contribution in [0.25, 0.3) is 0 Å². The lowest BCUT2D eigenvalue weighted by molar-refractivity contribution is -0.159. The molecule has 0 aliphatic heterocycles. The zero-order chi connectivity index (χ0) is 18.7. The Bertz CT molecular complexity index is 906. The second kappa shape index (κ2) is 7.17. The molecule has 1 amide bonds. The number of rotatable bonds is 4. The van der Waals surface area contributed by atoms with E-state index >= 15 is 0 Å². The first-order chi connectivity index (χ1) is 12.3. The summed E-state index contributed by atoms with van der Waals surface area (Å²) in [5.74, 6) is -1.75. The lowest BCUT2D eigenvalue weighted by atomic mass is 10.1. The highest BCUT2D eigenvalue weighted by Gasteiger charge is 2.38. The second-order valence-corrected chi connectivity index (χ2v) is 5.78. The van der Waals surface area contributed by atoms with Gasteiger partial charge in [-0.1, -0.05) is 28.9 Å². The minimum Gasteiger partial charge on any atom is -0.329 e. The van der Waals surface area contributed by atoms with Gasteiger partial charge in [-0.2, -0.15) is 18.2 Å². The van der Waals surface area contributed by atoms with E-state index in [-0.39, 0.29) is 18.2 Å². The number of hydrogen-bond acceptors (Lipinski definition) is 4. The molecular formula is C17H11ClF3N3O2. The van der Waals surface area contributed by atoms with Gasteiger partial charge in [0.1, 0.15) is 0 Å². The maximum absolute atomic E-state index is 12.4. The van der Waals surface area contributed by atoms with Crippen molar-refractivity contribution in [2.75, 3.05) is 5.32 Å². The largest absolute Gasteiger partial charge is 0.471 e. The second-order valence-electron chi connectivity index (χ2n) is 5.35. The summed E-state index contributed by atoms with van der Waals surface area (Å²) in [5, 5.41) is 6.55. The Morgan fingerprint density at radius 2 is 1.73 bits per heavy atom. The summed E-state index contributed by atoms with van der Waals surface area (Å²) in [7, 11) is 0. The molecule has 0 aliphatic rings. The molecule has 9 heteroatoms. The Labute approximate surface area is 150 Å². The number of nitrogens with zero attached hydrogens (tertiary/aromatic N) is 2. The molecule has 134 valence electrons. The zero-order valence-electron chi connectivity index (χ0n) is 13.0. The lowest BCUT2D eigenvalue weighted by Crippen LogP contribution is -2.11. The molecule has 0 spiro atoms. The van der Waals surface area contributed by atoms with Gasteiger partial charge in [0.15, 0.2) is 5.82 Å². The number of hydrogen-bond donors (Lipinski definition) is 1. The Morgan fingerprint density at radius 3 is 2.31 bits per heavy atom. The van der Waals surface area contributed by atoms with Crippen molar-refractivity contribution in [3.8, 4) is 0 Å². The summed E-state index contributed by atoms with van der Waals surface area (Å²) in [5.41, 5.74) is 1.66. The number of carbonyl (C=O) groups is 1. The van der Waals surface area contributed by atoms with Crippen LogP contribution in [0.4, 0.5) is 18.9 Å². The molecule has 5 nitrogen and oxygen atoms in total. The molecule has 2 aromatic carbocycles. The topological polar surface area (TPSA) is 68.0 Å². The first-order valence-corrected chi connectivity index (χ1v) is 7.75. The van der Waals surface area contributed by atoms with E-state index in [1.54, 1.807) is 48.5 Å². The molecular weight excluding hydrogens is 371 g/mol. The van der Waals surface area contributed by atoms with Gasteiger partial charge in [-0.05, 0) is 42.0 Å². The number of halogens is 4. The zero-order valence-corrected chi connectivity index (χ0v) is 13.8. The normalized spacial score (nSPS) is 11.4. The van der Waals surface area contributed by atoms with Crippen molar-refractivity contribution < 1.29 is 22.5 Å². The average molecular weight is 382 g/mol. The minimum absolute atomic E-state index is 0.0738. The van der Waals surface area contributed by atoms with Crippen LogP contribution in [0.2, 0.25) is 5.02 Å². The van der Waals surface area contributed by atoms with Gasteiger partial charge < -0.3 is 9.84 Å².